The summed E-state index contributed by atoms with van der Waals surface area (Å²) in [6, 6.07) is 19.6. The molecule has 0 aliphatic heterocycles. The van der Waals surface area contributed by atoms with Gasteiger partial charge in [-0.3, -0.25) is 9.89 Å². The van der Waals surface area contributed by atoms with Gasteiger partial charge in [-0.05, 0) is 53.2 Å². The molecule has 0 saturated heterocycles. The first kappa shape index (κ1) is 23.9. The van der Waals surface area contributed by atoms with Gasteiger partial charge in [-0.25, -0.2) is 18.3 Å². The summed E-state index contributed by atoms with van der Waals surface area (Å²) in [5.74, 6) is -2.08. The van der Waals surface area contributed by atoms with Crippen LogP contribution in [-0.2, 0) is 6.54 Å². The molecule has 1 N–H and O–H groups in total. The van der Waals surface area contributed by atoms with Gasteiger partial charge in [0, 0.05) is 23.1 Å². The molecule has 10 nitrogen and oxygen atoms in total. The van der Waals surface area contributed by atoms with Gasteiger partial charge >= 0.3 is 5.97 Å². The monoisotopic (exact) mass is 525 g/mol. The molecular weight excluding hydrogens is 508 g/mol. The number of aromatic amines is 1. The molecule has 0 fully saturated rings. The van der Waals surface area contributed by atoms with Gasteiger partial charge in [0.25, 0.3) is 5.56 Å². The summed E-state index contributed by atoms with van der Waals surface area (Å²) >= 11 is 0. The van der Waals surface area contributed by atoms with Gasteiger partial charge in [-0.1, -0.05) is 29.1 Å². The first-order chi connectivity index (χ1) is 18.9. The summed E-state index contributed by atoms with van der Waals surface area (Å²) in [5.41, 5.74) is 2.66. The van der Waals surface area contributed by atoms with Crippen molar-refractivity contribution in [3.63, 3.8) is 0 Å². The highest BCUT2D eigenvalue weighted by atomic mass is 19.1. The van der Waals surface area contributed by atoms with Crippen molar-refractivity contribution in [1.29, 1.82) is 0 Å². The van der Waals surface area contributed by atoms with E-state index < -0.39 is 17.6 Å². The van der Waals surface area contributed by atoms with Gasteiger partial charge in [0.2, 0.25) is 0 Å². The maximum Gasteiger partial charge on any atom is 0.365 e. The van der Waals surface area contributed by atoms with Gasteiger partial charge in [0.1, 0.15) is 23.0 Å². The second-order valence-corrected chi connectivity index (χ2v) is 8.58. The minimum Gasteiger partial charge on any atom is -0.312 e. The van der Waals surface area contributed by atoms with Gasteiger partial charge in [-0.2, -0.15) is 10.2 Å². The second kappa shape index (κ2) is 9.74. The lowest BCUT2D eigenvalue weighted by atomic mass is 10.1. The molecule has 0 spiro atoms. The van der Waals surface area contributed by atoms with E-state index in [1.165, 1.54) is 23.0 Å². The van der Waals surface area contributed by atoms with Crippen molar-refractivity contribution in [2.24, 2.45) is 0 Å². The van der Waals surface area contributed by atoms with Crippen molar-refractivity contribution in [3.05, 3.63) is 118 Å². The number of benzene rings is 3. The third kappa shape index (κ3) is 4.90. The number of rotatable bonds is 6. The van der Waals surface area contributed by atoms with Crippen LogP contribution in [0.1, 0.15) is 15.9 Å². The van der Waals surface area contributed by atoms with E-state index in [1.807, 2.05) is 6.07 Å². The third-order valence-electron chi connectivity index (χ3n) is 5.89. The maximum absolute atomic E-state index is 13.7. The van der Waals surface area contributed by atoms with Crippen molar-refractivity contribution in [3.8, 4) is 22.6 Å². The minimum absolute atomic E-state index is 0.0897. The number of aromatic nitrogens is 7. The normalized spacial score (nSPS) is 11.1. The molecule has 0 unspecified atom stereocenters. The van der Waals surface area contributed by atoms with Gasteiger partial charge in [0.05, 0.1) is 29.5 Å². The van der Waals surface area contributed by atoms with E-state index in [4.69, 9.17) is 4.84 Å². The molecule has 0 radical (unpaired) electrons. The SMILES string of the molecule is O=C(On1cc(-c2n[nH]c3ccc(Cn4nc(-c5cc(F)cc(F)c5)ccc4=O)cc23)nn1)c1ccccc1. The number of H-pyrrole nitrogens is 1. The van der Waals surface area contributed by atoms with Crippen molar-refractivity contribution in [2.75, 3.05) is 0 Å². The summed E-state index contributed by atoms with van der Waals surface area (Å²) in [6.45, 7) is 0.0897. The Hall–Kier alpha value is -5.52. The highest BCUT2D eigenvalue weighted by molar-refractivity contribution is 5.92. The van der Waals surface area contributed by atoms with Crippen LogP contribution in [0, 0.1) is 11.6 Å². The number of fused-ring (bicyclic) bond motifs is 1. The van der Waals surface area contributed by atoms with E-state index in [2.05, 4.69) is 25.6 Å². The van der Waals surface area contributed by atoms with Crippen LogP contribution in [0.25, 0.3) is 33.5 Å². The Balaban J connectivity index is 1.28. The zero-order chi connectivity index (χ0) is 26.9. The number of nitrogens with zero attached hydrogens (tertiary/aromatic N) is 6. The predicted molar refractivity (Wildman–Crippen MR) is 135 cm³/mol. The molecule has 0 atom stereocenters. The molecule has 3 heterocycles. The number of nitrogens with one attached hydrogen (secondary N) is 1. The fourth-order valence-electron chi connectivity index (χ4n) is 4.06. The molecule has 39 heavy (non-hydrogen) atoms. The molecular formula is C27H17F2N7O3. The number of hydrogen-bond acceptors (Lipinski definition) is 7. The summed E-state index contributed by atoms with van der Waals surface area (Å²) in [4.78, 5) is 31.0. The van der Waals surface area contributed by atoms with Crippen LogP contribution in [0.5, 0.6) is 0 Å². The van der Waals surface area contributed by atoms with Crippen LogP contribution < -0.4 is 10.4 Å². The highest BCUT2D eigenvalue weighted by Gasteiger charge is 2.16. The Kier molecular flexibility index (Phi) is 5.96. The summed E-state index contributed by atoms with van der Waals surface area (Å²) in [5, 5.41) is 20.1. The molecule has 12 heteroatoms. The first-order valence-corrected chi connectivity index (χ1v) is 11.6. The average molecular weight is 525 g/mol. The van der Waals surface area contributed by atoms with Crippen molar-refractivity contribution in [1.82, 2.24) is 35.1 Å². The minimum atomic E-state index is -0.741. The van der Waals surface area contributed by atoms with E-state index in [-0.39, 0.29) is 23.4 Å². The van der Waals surface area contributed by atoms with Crippen molar-refractivity contribution in [2.45, 2.75) is 6.54 Å². The number of halogens is 2. The van der Waals surface area contributed by atoms with Crippen molar-refractivity contribution >= 4 is 16.9 Å². The number of carbonyl (C=O) groups is 1. The van der Waals surface area contributed by atoms with E-state index in [0.29, 0.717) is 33.4 Å². The van der Waals surface area contributed by atoms with Gasteiger partial charge < -0.3 is 4.84 Å². The maximum atomic E-state index is 13.7. The molecule has 0 aliphatic rings. The summed E-state index contributed by atoms with van der Waals surface area (Å²) in [6.07, 6.45) is 1.43. The van der Waals surface area contributed by atoms with Gasteiger partial charge in [0.15, 0.2) is 0 Å². The zero-order valence-electron chi connectivity index (χ0n) is 20.0. The lowest BCUT2D eigenvalue weighted by Crippen LogP contribution is -2.22. The van der Waals surface area contributed by atoms with E-state index in [0.717, 1.165) is 23.0 Å². The molecule has 0 aliphatic carbocycles. The molecule has 192 valence electrons. The summed E-state index contributed by atoms with van der Waals surface area (Å²) < 4.78 is 28.6. The quantitative estimate of drug-likeness (QED) is 0.330. The fraction of sp³-hybridized carbons (Fsp3) is 0.0370. The zero-order valence-corrected chi connectivity index (χ0v) is 20.0. The largest absolute Gasteiger partial charge is 0.365 e. The topological polar surface area (TPSA) is 121 Å². The third-order valence-corrected chi connectivity index (χ3v) is 5.89. The second-order valence-electron chi connectivity index (χ2n) is 8.58. The highest BCUT2D eigenvalue weighted by Crippen LogP contribution is 2.26. The predicted octanol–water partition coefficient (Wildman–Crippen LogP) is 3.64. The molecule has 0 bridgehead atoms. The van der Waals surface area contributed by atoms with E-state index >= 15 is 0 Å². The van der Waals surface area contributed by atoms with Gasteiger partial charge in [-0.15, -0.1) is 5.10 Å². The molecule has 0 amide bonds. The van der Waals surface area contributed by atoms with Crippen LogP contribution in [0.3, 0.4) is 0 Å². The molecule has 6 aromatic rings. The lowest BCUT2D eigenvalue weighted by molar-refractivity contribution is 0.0384. The Morgan fingerprint density at radius 3 is 2.51 bits per heavy atom. The molecule has 3 aromatic carbocycles. The van der Waals surface area contributed by atoms with Crippen molar-refractivity contribution < 1.29 is 18.4 Å². The fourth-order valence-corrected chi connectivity index (χ4v) is 4.06. The molecule has 3 aromatic heterocycles. The number of carbonyl (C=O) groups excluding carboxylic acids is 1. The molecule has 6 rings (SSSR count). The Bertz CT molecular complexity index is 1880. The standard InChI is InChI=1S/C27H17F2N7O3/c28-19-11-18(12-20(29)13-19)22-8-9-25(37)35(33-22)14-16-6-7-23-21(10-16)26(32-30-23)24-15-36(34-31-24)39-27(38)17-4-2-1-3-5-17/h1-13,15H,14H2,(H,30,32). The Morgan fingerprint density at radius 2 is 1.72 bits per heavy atom. The first-order valence-electron chi connectivity index (χ1n) is 11.6. The lowest BCUT2D eigenvalue weighted by Gasteiger charge is -2.08. The summed E-state index contributed by atoms with van der Waals surface area (Å²) in [7, 11) is 0. The van der Waals surface area contributed by atoms with E-state index in [9.17, 15) is 18.4 Å². The molecule has 0 saturated carbocycles. The van der Waals surface area contributed by atoms with Crippen LogP contribution in [0.2, 0.25) is 0 Å². The van der Waals surface area contributed by atoms with Crippen LogP contribution in [0.4, 0.5) is 8.78 Å². The van der Waals surface area contributed by atoms with Crippen LogP contribution in [0.15, 0.2) is 89.9 Å². The number of hydrogen-bond donors (Lipinski definition) is 1. The smallest absolute Gasteiger partial charge is 0.312 e. The van der Waals surface area contributed by atoms with Crippen LogP contribution >= 0.6 is 0 Å². The van der Waals surface area contributed by atoms with Crippen LogP contribution in [-0.4, -0.2) is 41.1 Å². The Morgan fingerprint density at radius 1 is 0.923 bits per heavy atom. The Labute approximate surface area is 218 Å². The van der Waals surface area contributed by atoms with E-state index in [1.54, 1.807) is 42.5 Å². The average Bonchev–Trinajstić information content (AvgIpc) is 3.56.